The number of amides is 2. The summed E-state index contributed by atoms with van der Waals surface area (Å²) >= 11 is 11.2. The maximum absolute atomic E-state index is 12.7. The van der Waals surface area contributed by atoms with Crippen LogP contribution in [0.2, 0.25) is 0 Å². The molecule has 0 aromatic heterocycles. The molecule has 0 saturated heterocycles. The number of urea groups is 1. The molecule has 2 amide bonds. The summed E-state index contributed by atoms with van der Waals surface area (Å²) in [5, 5.41) is 2.64. The Kier molecular flexibility index (Phi) is 6.08. The largest absolute Gasteiger partial charge is 0.322 e. The van der Waals surface area contributed by atoms with E-state index in [4.69, 9.17) is 23.2 Å². The van der Waals surface area contributed by atoms with Crippen LogP contribution in [-0.2, 0) is 0 Å². The fraction of sp³-hybridized carbons (Fsp3) is 0.364. The summed E-state index contributed by atoms with van der Waals surface area (Å²) in [6.07, 6.45) is 0. The van der Waals surface area contributed by atoms with Gasteiger partial charge in [0.25, 0.3) is 0 Å². The van der Waals surface area contributed by atoms with E-state index in [1.54, 1.807) is 0 Å². The third-order valence-corrected chi connectivity index (χ3v) is 2.43. The van der Waals surface area contributed by atoms with Crippen molar-refractivity contribution in [2.24, 2.45) is 0 Å². The van der Waals surface area contributed by atoms with Crippen molar-refractivity contribution in [2.45, 2.75) is 0 Å². The number of hydrogen-bond acceptors (Lipinski definition) is 1. The lowest BCUT2D eigenvalue weighted by Crippen LogP contribution is -2.37. The summed E-state index contributed by atoms with van der Waals surface area (Å²) in [4.78, 5) is 13.3. The van der Waals surface area contributed by atoms with E-state index in [0.29, 0.717) is 30.5 Å². The van der Waals surface area contributed by atoms with Crippen LogP contribution >= 0.6 is 23.2 Å². The quantitative estimate of drug-likeness (QED) is 0.825. The highest BCUT2D eigenvalue weighted by atomic mass is 35.5. The molecule has 0 unspecified atom stereocenters. The summed E-state index contributed by atoms with van der Waals surface area (Å²) in [6, 6.07) is 5.25. The third-order valence-electron chi connectivity index (χ3n) is 2.09. The Morgan fingerprint density at radius 3 is 2.18 bits per heavy atom. The summed E-state index contributed by atoms with van der Waals surface area (Å²) in [7, 11) is 0. The van der Waals surface area contributed by atoms with Crippen molar-refractivity contribution in [1.29, 1.82) is 0 Å². The van der Waals surface area contributed by atoms with Crippen molar-refractivity contribution in [3.63, 3.8) is 0 Å². The zero-order valence-corrected chi connectivity index (χ0v) is 10.6. The van der Waals surface area contributed by atoms with Crippen LogP contribution in [-0.4, -0.2) is 35.8 Å². The standard InChI is InChI=1S/C11H13Cl2FN2O/c12-5-7-16(8-6-13)11(17)15-10-3-1-9(14)2-4-10/h1-4H,5-8H2,(H,15,17). The Labute approximate surface area is 109 Å². The Balaban J connectivity index is 2.59. The topological polar surface area (TPSA) is 32.3 Å². The third kappa shape index (κ3) is 4.79. The predicted octanol–water partition coefficient (Wildman–Crippen LogP) is 3.14. The zero-order valence-electron chi connectivity index (χ0n) is 9.13. The van der Waals surface area contributed by atoms with Crippen LogP contribution in [0, 0.1) is 5.82 Å². The van der Waals surface area contributed by atoms with Crippen LogP contribution in [0.1, 0.15) is 0 Å². The van der Waals surface area contributed by atoms with E-state index in [-0.39, 0.29) is 11.8 Å². The fourth-order valence-corrected chi connectivity index (χ4v) is 1.66. The second-order valence-electron chi connectivity index (χ2n) is 3.30. The SMILES string of the molecule is O=C(Nc1ccc(F)cc1)N(CCCl)CCCl. The minimum absolute atomic E-state index is 0.294. The summed E-state index contributed by atoms with van der Waals surface area (Å²) in [5.74, 6) is 0.336. The number of alkyl halides is 2. The molecule has 0 saturated carbocycles. The molecule has 0 aliphatic heterocycles. The minimum atomic E-state index is -0.346. The van der Waals surface area contributed by atoms with Crippen molar-refractivity contribution in [1.82, 2.24) is 4.90 Å². The van der Waals surface area contributed by atoms with Crippen molar-refractivity contribution in [2.75, 3.05) is 30.2 Å². The molecule has 0 aliphatic rings. The van der Waals surface area contributed by atoms with Gasteiger partial charge in [-0.2, -0.15) is 0 Å². The van der Waals surface area contributed by atoms with Gasteiger partial charge in [0.1, 0.15) is 5.82 Å². The van der Waals surface area contributed by atoms with Gasteiger partial charge in [0.2, 0.25) is 0 Å². The molecule has 0 atom stereocenters. The van der Waals surface area contributed by atoms with Gasteiger partial charge < -0.3 is 10.2 Å². The summed E-state index contributed by atoms with van der Waals surface area (Å²) in [5.41, 5.74) is 0.533. The molecule has 6 heteroatoms. The number of nitrogens with one attached hydrogen (secondary N) is 1. The van der Waals surface area contributed by atoms with E-state index >= 15 is 0 Å². The Hall–Kier alpha value is -1.000. The lowest BCUT2D eigenvalue weighted by Gasteiger charge is -2.20. The predicted molar refractivity (Wildman–Crippen MR) is 68.4 cm³/mol. The molecule has 1 N–H and O–H groups in total. The first-order valence-corrected chi connectivity index (χ1v) is 6.17. The van der Waals surface area contributed by atoms with Crippen LogP contribution in [0.5, 0.6) is 0 Å². The first-order valence-electron chi connectivity index (χ1n) is 5.11. The van der Waals surface area contributed by atoms with Crippen LogP contribution in [0.4, 0.5) is 14.9 Å². The first-order chi connectivity index (χ1) is 8.17. The average Bonchev–Trinajstić information content (AvgIpc) is 2.32. The van der Waals surface area contributed by atoms with Crippen molar-refractivity contribution >= 4 is 34.9 Å². The van der Waals surface area contributed by atoms with Gasteiger partial charge in [-0.1, -0.05) is 0 Å². The van der Waals surface area contributed by atoms with Gasteiger partial charge in [-0.15, -0.1) is 23.2 Å². The lowest BCUT2D eigenvalue weighted by atomic mass is 10.3. The highest BCUT2D eigenvalue weighted by Gasteiger charge is 2.12. The van der Waals surface area contributed by atoms with Crippen molar-refractivity contribution in [3.05, 3.63) is 30.1 Å². The molecule has 0 fully saturated rings. The normalized spacial score (nSPS) is 10.1. The highest BCUT2D eigenvalue weighted by Crippen LogP contribution is 2.09. The zero-order chi connectivity index (χ0) is 12.7. The number of halogens is 3. The van der Waals surface area contributed by atoms with Gasteiger partial charge in [-0.3, -0.25) is 0 Å². The van der Waals surface area contributed by atoms with E-state index in [1.807, 2.05) is 0 Å². The molecule has 0 spiro atoms. The molecule has 0 aliphatic carbocycles. The molecule has 17 heavy (non-hydrogen) atoms. The molecule has 1 rings (SSSR count). The molecule has 0 radical (unpaired) electrons. The number of carbonyl (C=O) groups excluding carboxylic acids is 1. The number of rotatable bonds is 5. The van der Waals surface area contributed by atoms with E-state index in [9.17, 15) is 9.18 Å². The molecule has 1 aromatic rings. The van der Waals surface area contributed by atoms with Crippen LogP contribution < -0.4 is 5.32 Å². The van der Waals surface area contributed by atoms with E-state index in [1.165, 1.54) is 29.2 Å². The van der Waals surface area contributed by atoms with E-state index < -0.39 is 0 Å². The second-order valence-corrected chi connectivity index (χ2v) is 4.06. The lowest BCUT2D eigenvalue weighted by molar-refractivity contribution is 0.218. The van der Waals surface area contributed by atoms with Gasteiger partial charge >= 0.3 is 6.03 Å². The Morgan fingerprint density at radius 1 is 1.18 bits per heavy atom. The fourth-order valence-electron chi connectivity index (χ4n) is 1.25. The van der Waals surface area contributed by atoms with E-state index in [0.717, 1.165) is 0 Å². The molecule has 0 heterocycles. The maximum atomic E-state index is 12.7. The monoisotopic (exact) mass is 278 g/mol. The average molecular weight is 279 g/mol. The summed E-state index contributed by atoms with van der Waals surface area (Å²) < 4.78 is 12.7. The molecular weight excluding hydrogens is 266 g/mol. The number of nitrogens with zero attached hydrogens (tertiary/aromatic N) is 1. The molecule has 1 aromatic carbocycles. The maximum Gasteiger partial charge on any atom is 0.321 e. The second kappa shape index (κ2) is 7.35. The molecule has 0 bridgehead atoms. The van der Waals surface area contributed by atoms with E-state index in [2.05, 4.69) is 5.32 Å². The number of benzene rings is 1. The number of carbonyl (C=O) groups is 1. The Bertz CT molecular complexity index is 353. The molecule has 94 valence electrons. The number of hydrogen-bond donors (Lipinski definition) is 1. The molecule has 3 nitrogen and oxygen atoms in total. The van der Waals surface area contributed by atoms with Crippen LogP contribution in [0.15, 0.2) is 24.3 Å². The first kappa shape index (κ1) is 14.1. The van der Waals surface area contributed by atoms with Crippen molar-refractivity contribution in [3.8, 4) is 0 Å². The van der Waals surface area contributed by atoms with Gasteiger partial charge in [-0.25, -0.2) is 9.18 Å². The van der Waals surface area contributed by atoms with Gasteiger partial charge in [0, 0.05) is 30.5 Å². The highest BCUT2D eigenvalue weighted by molar-refractivity contribution is 6.18. The minimum Gasteiger partial charge on any atom is -0.322 e. The Morgan fingerprint density at radius 2 is 1.71 bits per heavy atom. The van der Waals surface area contributed by atoms with Gasteiger partial charge in [-0.05, 0) is 24.3 Å². The smallest absolute Gasteiger partial charge is 0.321 e. The molecular formula is C11H13Cl2FN2O. The van der Waals surface area contributed by atoms with Crippen LogP contribution in [0.3, 0.4) is 0 Å². The summed E-state index contributed by atoms with van der Waals surface area (Å²) in [6.45, 7) is 0.836. The van der Waals surface area contributed by atoms with Crippen molar-refractivity contribution < 1.29 is 9.18 Å². The number of anilines is 1. The van der Waals surface area contributed by atoms with Crippen LogP contribution in [0.25, 0.3) is 0 Å². The van der Waals surface area contributed by atoms with Gasteiger partial charge in [0.05, 0.1) is 0 Å². The van der Waals surface area contributed by atoms with Gasteiger partial charge in [0.15, 0.2) is 0 Å².